The second kappa shape index (κ2) is 10.2. The Morgan fingerprint density at radius 3 is 2.43 bits per heavy atom. The minimum Gasteiger partial charge on any atom is -0.497 e. The molecule has 0 aliphatic carbocycles. The molecule has 3 heterocycles. The van der Waals surface area contributed by atoms with Gasteiger partial charge in [-0.3, -0.25) is 10.1 Å². The highest BCUT2D eigenvalue weighted by Gasteiger charge is 2.35. The number of nitrogens with zero attached hydrogens (tertiary/aromatic N) is 6. The van der Waals surface area contributed by atoms with Crippen LogP contribution < -0.4 is 14.5 Å². The fraction of sp³-hybridized carbons (Fsp3) is 0.304. The van der Waals surface area contributed by atoms with Crippen molar-refractivity contribution in [2.75, 3.05) is 31.5 Å². The van der Waals surface area contributed by atoms with E-state index in [2.05, 4.69) is 30.4 Å². The molecular weight excluding hydrogens is 486 g/mol. The van der Waals surface area contributed by atoms with Gasteiger partial charge in [-0.1, -0.05) is 35.7 Å². The summed E-state index contributed by atoms with van der Waals surface area (Å²) in [6.07, 6.45) is -0.628. The van der Waals surface area contributed by atoms with Gasteiger partial charge in [0.05, 0.1) is 26.9 Å². The molecule has 0 bridgehead atoms. The number of aryl methyl sites for hydroxylation is 1. The molecule has 35 heavy (non-hydrogen) atoms. The van der Waals surface area contributed by atoms with Crippen LogP contribution in [0.1, 0.15) is 16.8 Å². The molecule has 5 rings (SSSR count). The lowest BCUT2D eigenvalue weighted by atomic mass is 10.2. The van der Waals surface area contributed by atoms with Crippen molar-refractivity contribution in [1.82, 2.24) is 30.1 Å². The summed E-state index contributed by atoms with van der Waals surface area (Å²) in [4.78, 5) is 4.55. The third kappa shape index (κ3) is 4.95. The molecule has 1 aliphatic rings. The van der Waals surface area contributed by atoms with Crippen molar-refractivity contribution in [3.05, 3.63) is 59.9 Å². The second-order valence-corrected chi connectivity index (χ2v) is 9.90. The molecule has 1 aliphatic heterocycles. The average molecular weight is 512 g/mol. The molecule has 2 atom stereocenters. The third-order valence-corrected chi connectivity index (χ3v) is 7.74. The molecule has 10 nitrogen and oxygen atoms in total. The number of hydrogen-bond donors (Lipinski definition) is 2. The van der Waals surface area contributed by atoms with E-state index in [1.54, 1.807) is 26.0 Å². The van der Waals surface area contributed by atoms with Gasteiger partial charge in [0, 0.05) is 11.3 Å². The van der Waals surface area contributed by atoms with E-state index >= 15 is 0 Å². The van der Waals surface area contributed by atoms with Gasteiger partial charge < -0.3 is 14.6 Å². The zero-order valence-corrected chi connectivity index (χ0v) is 21.1. The molecule has 12 heteroatoms. The molecule has 0 spiro atoms. The highest BCUT2D eigenvalue weighted by atomic mass is 32.2. The number of aromatic amines is 1. The number of methoxy groups -OCH3 is 2. The summed E-state index contributed by atoms with van der Waals surface area (Å²) in [6.45, 7) is 2.31. The van der Waals surface area contributed by atoms with Crippen LogP contribution in [0.25, 0.3) is 11.4 Å². The van der Waals surface area contributed by atoms with Crippen LogP contribution >= 0.6 is 23.5 Å². The summed E-state index contributed by atoms with van der Waals surface area (Å²) in [5.74, 6) is 3.47. The quantitative estimate of drug-likeness (QED) is 0.325. The highest BCUT2D eigenvalue weighted by Crippen LogP contribution is 2.43. The fourth-order valence-electron chi connectivity index (χ4n) is 3.79. The van der Waals surface area contributed by atoms with Crippen molar-refractivity contribution in [3.8, 4) is 22.9 Å². The third-order valence-electron chi connectivity index (χ3n) is 5.54. The van der Waals surface area contributed by atoms with E-state index in [0.29, 0.717) is 23.3 Å². The van der Waals surface area contributed by atoms with E-state index in [1.807, 2.05) is 60.1 Å². The smallest absolute Gasteiger partial charge is 0.212 e. The standard InChI is InChI=1S/C23H25N7O3S2/c1-14-25-28-23-30(14)29(21(35-23)16-6-10-19(33-3)11-7-16)12-17(31)13-34-22-24-20(26-27-22)15-4-8-18(32-2)9-5-15/h4-11,17,21,31H,12-13H2,1-3H3,(H,24,26,27). The first-order chi connectivity index (χ1) is 17.1. The van der Waals surface area contributed by atoms with E-state index in [9.17, 15) is 5.11 Å². The van der Waals surface area contributed by atoms with E-state index in [0.717, 1.165) is 33.6 Å². The van der Waals surface area contributed by atoms with Crippen LogP contribution in [0.5, 0.6) is 11.5 Å². The van der Waals surface area contributed by atoms with Gasteiger partial charge in [0.2, 0.25) is 10.3 Å². The summed E-state index contributed by atoms with van der Waals surface area (Å²) in [5.41, 5.74) is 2.01. The first kappa shape index (κ1) is 23.5. The molecule has 0 saturated heterocycles. The van der Waals surface area contributed by atoms with Gasteiger partial charge in [0.25, 0.3) is 0 Å². The van der Waals surface area contributed by atoms with Gasteiger partial charge in [0.1, 0.15) is 22.7 Å². The molecule has 0 fully saturated rings. The monoisotopic (exact) mass is 511 g/mol. The van der Waals surface area contributed by atoms with Crippen molar-refractivity contribution in [2.45, 2.75) is 28.7 Å². The molecule has 2 N–H and O–H groups in total. The fourth-order valence-corrected chi connectivity index (χ4v) is 5.72. The maximum atomic E-state index is 10.9. The number of hydrogen-bond acceptors (Lipinski definition) is 10. The average Bonchev–Trinajstić information content (AvgIpc) is 3.60. The Morgan fingerprint density at radius 2 is 1.74 bits per heavy atom. The van der Waals surface area contributed by atoms with Crippen molar-refractivity contribution >= 4 is 23.5 Å². The lowest BCUT2D eigenvalue weighted by molar-refractivity contribution is 0.194. The number of H-pyrrole nitrogens is 1. The Labute approximate surface area is 211 Å². The summed E-state index contributed by atoms with van der Waals surface area (Å²) >= 11 is 3.02. The molecular formula is C23H25N7O3S2. The van der Waals surface area contributed by atoms with Gasteiger partial charge >= 0.3 is 0 Å². The van der Waals surface area contributed by atoms with E-state index < -0.39 is 6.10 Å². The van der Waals surface area contributed by atoms with Crippen LogP contribution in [0.3, 0.4) is 0 Å². The largest absolute Gasteiger partial charge is 0.497 e. The van der Waals surface area contributed by atoms with Crippen LogP contribution in [-0.4, -0.2) is 67.8 Å². The summed E-state index contributed by atoms with van der Waals surface area (Å²) in [7, 11) is 3.29. The van der Waals surface area contributed by atoms with E-state index in [4.69, 9.17) is 9.47 Å². The highest BCUT2D eigenvalue weighted by molar-refractivity contribution is 7.99. The Kier molecular flexibility index (Phi) is 6.84. The maximum absolute atomic E-state index is 10.9. The number of benzene rings is 2. The Balaban J connectivity index is 1.25. The molecule has 4 aromatic rings. The van der Waals surface area contributed by atoms with E-state index in [1.165, 1.54) is 11.8 Å². The molecule has 2 aromatic carbocycles. The number of aromatic nitrogens is 6. The van der Waals surface area contributed by atoms with Crippen molar-refractivity contribution in [1.29, 1.82) is 0 Å². The Bertz CT molecular complexity index is 1280. The predicted octanol–water partition coefficient (Wildman–Crippen LogP) is 3.28. The number of β-amino-alcohol motifs (C(OH)–C–C–N with tert-alkyl or cyclic N) is 1. The zero-order chi connectivity index (χ0) is 24.4. The molecule has 0 radical (unpaired) electrons. The van der Waals surface area contributed by atoms with Crippen molar-refractivity contribution < 1.29 is 14.6 Å². The van der Waals surface area contributed by atoms with Crippen LogP contribution in [0.15, 0.2) is 58.8 Å². The number of fused-ring (bicyclic) bond motifs is 1. The first-order valence-corrected chi connectivity index (χ1v) is 12.8. The maximum Gasteiger partial charge on any atom is 0.212 e. The number of nitrogens with one attached hydrogen (secondary N) is 1. The van der Waals surface area contributed by atoms with Gasteiger partial charge in [-0.25, -0.2) is 9.66 Å². The Morgan fingerprint density at radius 1 is 1.06 bits per heavy atom. The normalized spacial score (nSPS) is 15.8. The minimum atomic E-state index is -0.628. The number of thioether (sulfide) groups is 2. The number of rotatable bonds is 9. The van der Waals surface area contributed by atoms with Gasteiger partial charge in [-0.15, -0.1) is 15.3 Å². The molecule has 0 saturated carbocycles. The van der Waals surface area contributed by atoms with Crippen LogP contribution in [0.4, 0.5) is 0 Å². The first-order valence-electron chi connectivity index (χ1n) is 10.9. The van der Waals surface area contributed by atoms with Crippen LogP contribution in [0, 0.1) is 6.92 Å². The molecule has 0 amide bonds. The number of aliphatic hydroxyl groups excluding tert-OH is 1. The molecule has 2 aromatic heterocycles. The zero-order valence-electron chi connectivity index (χ0n) is 19.5. The van der Waals surface area contributed by atoms with Crippen molar-refractivity contribution in [2.24, 2.45) is 0 Å². The topological polar surface area (TPSA) is 114 Å². The summed E-state index contributed by atoms with van der Waals surface area (Å²) < 4.78 is 12.5. The predicted molar refractivity (Wildman–Crippen MR) is 135 cm³/mol. The lowest BCUT2D eigenvalue weighted by Gasteiger charge is -2.29. The summed E-state index contributed by atoms with van der Waals surface area (Å²) in [5, 5.41) is 30.1. The second-order valence-electron chi connectivity index (χ2n) is 7.87. The van der Waals surface area contributed by atoms with Gasteiger partial charge in [-0.2, -0.15) is 0 Å². The molecule has 182 valence electrons. The van der Waals surface area contributed by atoms with Crippen LogP contribution in [-0.2, 0) is 0 Å². The lowest BCUT2D eigenvalue weighted by Crippen LogP contribution is -2.41. The Hall–Kier alpha value is -3.22. The van der Waals surface area contributed by atoms with Gasteiger partial charge in [-0.05, 0) is 48.9 Å². The summed E-state index contributed by atoms with van der Waals surface area (Å²) in [6, 6.07) is 15.6. The van der Waals surface area contributed by atoms with Crippen LogP contribution in [0.2, 0.25) is 0 Å². The SMILES string of the molecule is COc1ccc(-c2nc(SCC(O)CN3C(c4ccc(OC)cc4)Sc4nnc(C)n43)n[nH]2)cc1. The number of ether oxygens (including phenoxy) is 2. The van der Waals surface area contributed by atoms with Gasteiger partial charge in [0.15, 0.2) is 5.82 Å². The minimum absolute atomic E-state index is 0.0325. The van der Waals surface area contributed by atoms with Crippen molar-refractivity contribution in [3.63, 3.8) is 0 Å². The van der Waals surface area contributed by atoms with E-state index in [-0.39, 0.29) is 5.37 Å². The molecule has 2 unspecified atom stereocenters. The number of aliphatic hydroxyl groups is 1.